The van der Waals surface area contributed by atoms with Crippen molar-refractivity contribution in [2.45, 2.75) is 16.7 Å². The van der Waals surface area contributed by atoms with E-state index in [1.807, 2.05) is 6.07 Å². The van der Waals surface area contributed by atoms with Gasteiger partial charge in [-0.05, 0) is 35.5 Å². The van der Waals surface area contributed by atoms with Crippen molar-refractivity contribution >= 4 is 23.4 Å². The molecule has 0 atom stereocenters. The molecule has 0 fully saturated rings. The second kappa shape index (κ2) is 4.65. The molecule has 78 valence electrons. The Kier molecular flexibility index (Phi) is 3.25. The van der Waals surface area contributed by atoms with Crippen molar-refractivity contribution in [3.05, 3.63) is 35.1 Å². The van der Waals surface area contributed by atoms with Gasteiger partial charge in [-0.15, -0.1) is 0 Å². The maximum atomic E-state index is 9.15. The molecule has 0 aliphatic rings. The van der Waals surface area contributed by atoms with E-state index in [2.05, 4.69) is 15.2 Å². The molecule has 2 aromatic rings. The molecule has 6 heteroatoms. The molecular weight excluding hydrogens is 234 g/mol. The second-order valence-corrected chi connectivity index (χ2v) is 4.27. The van der Waals surface area contributed by atoms with E-state index < -0.39 is 0 Å². The summed E-state index contributed by atoms with van der Waals surface area (Å²) in [6.45, 7) is -0.0446. The largest absolute Gasteiger partial charge is 0.392 e. The first-order valence-electron chi connectivity index (χ1n) is 4.22. The van der Waals surface area contributed by atoms with Crippen molar-refractivity contribution in [1.29, 1.82) is 0 Å². The molecule has 0 spiro atoms. The fraction of sp³-hybridized carbons (Fsp3) is 0.111. The number of nitrogens with zero attached hydrogens (tertiary/aromatic N) is 2. The zero-order chi connectivity index (χ0) is 10.7. The summed E-state index contributed by atoms with van der Waals surface area (Å²) in [6, 6.07) is 5.36. The maximum Gasteiger partial charge on any atom is 0.188 e. The van der Waals surface area contributed by atoms with Gasteiger partial charge < -0.3 is 5.11 Å². The molecule has 15 heavy (non-hydrogen) atoms. The number of halogens is 1. The zero-order valence-electron chi connectivity index (χ0n) is 7.64. The number of H-pyrrole nitrogens is 1. The fourth-order valence-electron chi connectivity index (χ4n) is 1.12. The van der Waals surface area contributed by atoms with Crippen LogP contribution >= 0.6 is 23.4 Å². The molecule has 1 aromatic heterocycles. The van der Waals surface area contributed by atoms with E-state index in [0.29, 0.717) is 10.2 Å². The summed E-state index contributed by atoms with van der Waals surface area (Å²) in [5.74, 6) is 0. The highest BCUT2D eigenvalue weighted by atomic mass is 35.5. The molecule has 0 unspecified atom stereocenters. The average molecular weight is 242 g/mol. The van der Waals surface area contributed by atoms with E-state index in [0.717, 1.165) is 10.5 Å². The number of nitrogens with one attached hydrogen (secondary N) is 1. The second-order valence-electron chi connectivity index (χ2n) is 2.80. The topological polar surface area (TPSA) is 61.8 Å². The Balaban J connectivity index is 2.28. The van der Waals surface area contributed by atoms with E-state index in [1.165, 1.54) is 18.1 Å². The van der Waals surface area contributed by atoms with Gasteiger partial charge in [-0.1, -0.05) is 11.6 Å². The molecule has 0 aliphatic carbocycles. The summed E-state index contributed by atoms with van der Waals surface area (Å²) in [6.07, 6.45) is 1.44. The molecule has 2 rings (SSSR count). The molecule has 0 saturated carbocycles. The lowest BCUT2D eigenvalue weighted by Gasteiger charge is -2.04. The third-order valence-electron chi connectivity index (χ3n) is 1.79. The molecule has 0 saturated heterocycles. The van der Waals surface area contributed by atoms with Gasteiger partial charge in [0, 0.05) is 9.92 Å². The van der Waals surface area contributed by atoms with Crippen LogP contribution in [0.25, 0.3) is 0 Å². The number of aromatic nitrogens is 3. The van der Waals surface area contributed by atoms with Crippen molar-refractivity contribution < 1.29 is 5.11 Å². The van der Waals surface area contributed by atoms with Crippen molar-refractivity contribution in [3.8, 4) is 0 Å². The van der Waals surface area contributed by atoms with Gasteiger partial charge in [0.2, 0.25) is 0 Å². The number of aromatic amines is 1. The van der Waals surface area contributed by atoms with Crippen molar-refractivity contribution in [1.82, 2.24) is 15.2 Å². The van der Waals surface area contributed by atoms with Crippen LogP contribution in [0, 0.1) is 0 Å². The summed E-state index contributed by atoms with van der Waals surface area (Å²) >= 11 is 7.23. The molecule has 1 aromatic carbocycles. The predicted molar refractivity (Wildman–Crippen MR) is 57.9 cm³/mol. The van der Waals surface area contributed by atoms with Gasteiger partial charge in [0.25, 0.3) is 0 Å². The quantitative estimate of drug-likeness (QED) is 0.864. The first-order chi connectivity index (χ1) is 7.29. The van der Waals surface area contributed by atoms with Crippen molar-refractivity contribution in [2.24, 2.45) is 0 Å². The van der Waals surface area contributed by atoms with E-state index in [1.54, 1.807) is 12.1 Å². The summed E-state index contributed by atoms with van der Waals surface area (Å²) in [5.41, 5.74) is 0.781. The Hall–Kier alpha value is -1.04. The number of hydrogen-bond donors (Lipinski definition) is 2. The third-order valence-corrected chi connectivity index (χ3v) is 3.04. The minimum absolute atomic E-state index is 0.0446. The Morgan fingerprint density at radius 2 is 2.33 bits per heavy atom. The molecule has 0 aliphatic heterocycles. The van der Waals surface area contributed by atoms with Crippen molar-refractivity contribution in [2.75, 3.05) is 0 Å². The van der Waals surface area contributed by atoms with E-state index in [-0.39, 0.29) is 6.61 Å². The first kappa shape index (κ1) is 10.5. The molecule has 2 N–H and O–H groups in total. The minimum Gasteiger partial charge on any atom is -0.392 e. The van der Waals surface area contributed by atoms with Crippen LogP contribution < -0.4 is 0 Å². The predicted octanol–water partition coefficient (Wildman–Crippen LogP) is 2.10. The van der Waals surface area contributed by atoms with Crippen LogP contribution in [0.3, 0.4) is 0 Å². The average Bonchev–Trinajstić information content (AvgIpc) is 2.73. The van der Waals surface area contributed by atoms with Gasteiger partial charge >= 0.3 is 0 Å². The number of hydrogen-bond acceptors (Lipinski definition) is 4. The van der Waals surface area contributed by atoms with Gasteiger partial charge in [-0.2, -0.15) is 5.10 Å². The van der Waals surface area contributed by atoms with Gasteiger partial charge in [0.1, 0.15) is 6.33 Å². The Bertz CT molecular complexity index is 447. The van der Waals surface area contributed by atoms with E-state index >= 15 is 0 Å². The highest BCUT2D eigenvalue weighted by Crippen LogP contribution is 2.29. The Labute approximate surface area is 95.7 Å². The normalized spacial score (nSPS) is 10.5. The number of aliphatic hydroxyl groups excluding tert-OH is 1. The van der Waals surface area contributed by atoms with Crippen LogP contribution in [-0.2, 0) is 6.61 Å². The van der Waals surface area contributed by atoms with Crippen LogP contribution in [0.1, 0.15) is 5.56 Å². The summed E-state index contributed by atoms with van der Waals surface area (Å²) in [5, 5.41) is 16.9. The lowest BCUT2D eigenvalue weighted by molar-refractivity contribution is 0.279. The number of aliphatic hydroxyl groups is 1. The van der Waals surface area contributed by atoms with Gasteiger partial charge in [-0.25, -0.2) is 4.98 Å². The molecule has 1 heterocycles. The molecule has 0 radical (unpaired) electrons. The molecule has 0 amide bonds. The summed E-state index contributed by atoms with van der Waals surface area (Å²) in [4.78, 5) is 4.91. The Morgan fingerprint density at radius 3 is 3.00 bits per heavy atom. The monoisotopic (exact) mass is 241 g/mol. The molecule has 0 bridgehead atoms. The maximum absolute atomic E-state index is 9.15. The summed E-state index contributed by atoms with van der Waals surface area (Å²) in [7, 11) is 0. The van der Waals surface area contributed by atoms with Crippen molar-refractivity contribution in [3.63, 3.8) is 0 Å². The standard InChI is InChI=1S/C9H8ClN3OS/c10-7-1-2-8(6(3-7)4-14)15-9-11-5-12-13-9/h1-3,5,14H,4H2,(H,11,12,13). The van der Waals surface area contributed by atoms with Gasteiger partial charge in [0.05, 0.1) is 6.61 Å². The SMILES string of the molecule is OCc1cc(Cl)ccc1Sc1ncn[nH]1. The number of rotatable bonds is 3. The minimum atomic E-state index is -0.0446. The third kappa shape index (κ3) is 2.50. The van der Waals surface area contributed by atoms with Crippen LogP contribution in [0.5, 0.6) is 0 Å². The van der Waals surface area contributed by atoms with Gasteiger partial charge in [-0.3, -0.25) is 5.10 Å². The van der Waals surface area contributed by atoms with Crippen LogP contribution in [-0.4, -0.2) is 20.3 Å². The smallest absolute Gasteiger partial charge is 0.188 e. The van der Waals surface area contributed by atoms with E-state index in [9.17, 15) is 0 Å². The fourth-order valence-corrected chi connectivity index (χ4v) is 2.11. The highest BCUT2D eigenvalue weighted by molar-refractivity contribution is 7.99. The van der Waals surface area contributed by atoms with E-state index in [4.69, 9.17) is 16.7 Å². The first-order valence-corrected chi connectivity index (χ1v) is 5.41. The summed E-state index contributed by atoms with van der Waals surface area (Å²) < 4.78 is 0. The highest BCUT2D eigenvalue weighted by Gasteiger charge is 2.06. The van der Waals surface area contributed by atoms with Gasteiger partial charge in [0.15, 0.2) is 5.16 Å². The van der Waals surface area contributed by atoms with Crippen LogP contribution in [0.2, 0.25) is 5.02 Å². The lowest BCUT2D eigenvalue weighted by atomic mass is 10.2. The lowest BCUT2D eigenvalue weighted by Crippen LogP contribution is -1.88. The molecular formula is C9H8ClN3OS. The Morgan fingerprint density at radius 1 is 1.47 bits per heavy atom. The zero-order valence-corrected chi connectivity index (χ0v) is 9.22. The molecule has 4 nitrogen and oxygen atoms in total. The van der Waals surface area contributed by atoms with Crippen LogP contribution in [0.4, 0.5) is 0 Å². The number of benzene rings is 1. The van der Waals surface area contributed by atoms with Crippen LogP contribution in [0.15, 0.2) is 34.6 Å².